The second-order valence-corrected chi connectivity index (χ2v) is 6.67. The Labute approximate surface area is 195 Å². The fraction of sp³-hybridized carbons (Fsp3) is 0.133. The van der Waals surface area contributed by atoms with Crippen LogP contribution in [-0.2, 0) is 0 Å². The SMILES string of the molecule is C=C\C(C)=C/C=C(C=C)/C=N/C(C=C)=C/C=C(\C=C/C)/N=C/C(C=C)=C/C=C(C)\C=C/C. The van der Waals surface area contributed by atoms with E-state index >= 15 is 0 Å². The molecule has 0 aliphatic rings. The summed E-state index contributed by atoms with van der Waals surface area (Å²) in [6.45, 7) is 23.3. The van der Waals surface area contributed by atoms with E-state index in [9.17, 15) is 0 Å². The zero-order chi connectivity index (χ0) is 24.2. The van der Waals surface area contributed by atoms with E-state index in [-0.39, 0.29) is 0 Å². The van der Waals surface area contributed by atoms with E-state index < -0.39 is 0 Å². The third-order valence-electron chi connectivity index (χ3n) is 4.00. The Morgan fingerprint density at radius 1 is 0.531 bits per heavy atom. The summed E-state index contributed by atoms with van der Waals surface area (Å²) in [5.41, 5.74) is 5.52. The van der Waals surface area contributed by atoms with Gasteiger partial charge in [0.1, 0.15) is 0 Å². The molecular weight excluding hydrogens is 388 g/mol. The highest BCUT2D eigenvalue weighted by atomic mass is 14.7. The zero-order valence-electron chi connectivity index (χ0n) is 20.0. The van der Waals surface area contributed by atoms with Gasteiger partial charge in [-0.15, -0.1) is 0 Å². The van der Waals surface area contributed by atoms with Crippen molar-refractivity contribution in [2.45, 2.75) is 27.7 Å². The van der Waals surface area contributed by atoms with Crippen LogP contribution >= 0.6 is 0 Å². The van der Waals surface area contributed by atoms with E-state index in [1.165, 1.54) is 0 Å². The van der Waals surface area contributed by atoms with Gasteiger partial charge in [-0.2, -0.15) is 0 Å². The molecular formula is C30H36N2. The van der Waals surface area contributed by atoms with Crippen molar-refractivity contribution in [2.75, 3.05) is 0 Å². The van der Waals surface area contributed by atoms with E-state index in [1.54, 1.807) is 36.7 Å². The lowest BCUT2D eigenvalue weighted by atomic mass is 10.2. The number of hydrogen-bond donors (Lipinski definition) is 0. The standard InChI is InChI=1S/C30H36N2/c1-9-15-26(8)18-20-28(13-5)24-32-30(16-10-2)22-21-29(14-6)31-23-27(12-4)19-17-25(7)11-3/h9-24H,3-6H2,1-2,7-8H3/b15-9-,16-10-,25-17-,26-18-,27-19+,28-20+,29-21+,30-22+,31-23+,32-24+. The first-order valence-corrected chi connectivity index (χ1v) is 10.5. The van der Waals surface area contributed by atoms with Crippen LogP contribution in [0.2, 0.25) is 0 Å². The van der Waals surface area contributed by atoms with Crippen LogP contribution < -0.4 is 0 Å². The molecule has 0 aromatic heterocycles. The van der Waals surface area contributed by atoms with Crippen LogP contribution in [0.3, 0.4) is 0 Å². The second kappa shape index (κ2) is 18.0. The Morgan fingerprint density at radius 3 is 1.50 bits per heavy atom. The Balaban J connectivity index is 5.78. The molecule has 0 N–H and O–H groups in total. The first-order chi connectivity index (χ1) is 15.4. The molecule has 0 spiro atoms. The lowest BCUT2D eigenvalue weighted by Gasteiger charge is -1.97. The van der Waals surface area contributed by atoms with Crippen molar-refractivity contribution in [1.29, 1.82) is 0 Å². The van der Waals surface area contributed by atoms with Crippen LogP contribution in [0.4, 0.5) is 0 Å². The molecule has 0 aromatic rings. The van der Waals surface area contributed by atoms with Crippen molar-refractivity contribution in [1.82, 2.24) is 0 Å². The van der Waals surface area contributed by atoms with Crippen molar-refractivity contribution in [3.8, 4) is 0 Å². The molecule has 0 atom stereocenters. The van der Waals surface area contributed by atoms with E-state index in [0.29, 0.717) is 5.70 Å². The summed E-state index contributed by atoms with van der Waals surface area (Å²) in [4.78, 5) is 9.06. The fourth-order valence-corrected chi connectivity index (χ4v) is 2.11. The van der Waals surface area contributed by atoms with E-state index in [1.807, 2.05) is 88.5 Å². The average Bonchev–Trinajstić information content (AvgIpc) is 2.80. The molecule has 32 heavy (non-hydrogen) atoms. The molecule has 166 valence electrons. The number of allylic oxidation sites excluding steroid dienone is 18. The van der Waals surface area contributed by atoms with Crippen LogP contribution in [0.25, 0.3) is 0 Å². The molecule has 0 aliphatic carbocycles. The molecule has 0 saturated heterocycles. The summed E-state index contributed by atoms with van der Waals surface area (Å²) >= 11 is 0. The molecule has 0 fully saturated rings. The minimum atomic E-state index is 0.712. The van der Waals surface area contributed by atoms with Crippen molar-refractivity contribution in [3.05, 3.63) is 145 Å². The first-order valence-electron chi connectivity index (χ1n) is 10.5. The van der Waals surface area contributed by atoms with Gasteiger partial charge in [-0.25, -0.2) is 0 Å². The quantitative estimate of drug-likeness (QED) is 0.209. The molecule has 0 aliphatic heterocycles. The monoisotopic (exact) mass is 424 g/mol. The van der Waals surface area contributed by atoms with Gasteiger partial charge in [0, 0.05) is 12.4 Å². The third-order valence-corrected chi connectivity index (χ3v) is 4.00. The van der Waals surface area contributed by atoms with Gasteiger partial charge in [0.2, 0.25) is 0 Å². The van der Waals surface area contributed by atoms with Gasteiger partial charge >= 0.3 is 0 Å². The van der Waals surface area contributed by atoms with Crippen molar-refractivity contribution in [3.63, 3.8) is 0 Å². The van der Waals surface area contributed by atoms with Crippen LogP contribution in [-0.4, -0.2) is 12.4 Å². The van der Waals surface area contributed by atoms with E-state index in [4.69, 9.17) is 0 Å². The minimum Gasteiger partial charge on any atom is -0.256 e. The maximum absolute atomic E-state index is 4.57. The molecule has 0 rings (SSSR count). The molecule has 0 unspecified atom stereocenters. The largest absolute Gasteiger partial charge is 0.256 e. The van der Waals surface area contributed by atoms with Crippen molar-refractivity contribution >= 4 is 12.4 Å². The molecule has 2 nitrogen and oxygen atoms in total. The fourth-order valence-electron chi connectivity index (χ4n) is 2.11. The lowest BCUT2D eigenvalue weighted by molar-refractivity contribution is 1.38. The topological polar surface area (TPSA) is 24.7 Å². The highest BCUT2D eigenvalue weighted by molar-refractivity contribution is 5.84. The Morgan fingerprint density at radius 2 is 1.03 bits per heavy atom. The predicted molar refractivity (Wildman–Crippen MR) is 147 cm³/mol. The Kier molecular flexibility index (Phi) is 15.9. The molecule has 0 radical (unpaired) electrons. The molecule has 0 saturated carbocycles. The highest BCUT2D eigenvalue weighted by Gasteiger charge is 1.91. The molecule has 0 heterocycles. The van der Waals surface area contributed by atoms with Gasteiger partial charge in [0.05, 0.1) is 11.4 Å². The number of nitrogens with zero attached hydrogens (tertiary/aromatic N) is 2. The number of aliphatic imine (C=N–C) groups is 2. The Bertz CT molecular complexity index is 962. The van der Waals surface area contributed by atoms with Gasteiger partial charge in [0.25, 0.3) is 0 Å². The summed E-state index contributed by atoms with van der Waals surface area (Å²) in [7, 11) is 0. The van der Waals surface area contributed by atoms with Crippen molar-refractivity contribution < 1.29 is 0 Å². The molecule has 0 aromatic carbocycles. The molecule has 0 bridgehead atoms. The average molecular weight is 425 g/mol. The van der Waals surface area contributed by atoms with Gasteiger partial charge in [-0.1, -0.05) is 98.2 Å². The number of rotatable bonds is 13. The summed E-state index contributed by atoms with van der Waals surface area (Å²) < 4.78 is 0. The van der Waals surface area contributed by atoms with E-state index in [2.05, 4.69) is 36.3 Å². The van der Waals surface area contributed by atoms with Gasteiger partial charge in [0.15, 0.2) is 0 Å². The van der Waals surface area contributed by atoms with Crippen LogP contribution in [0, 0.1) is 0 Å². The number of hydrogen-bond acceptors (Lipinski definition) is 2. The van der Waals surface area contributed by atoms with Gasteiger partial charge < -0.3 is 0 Å². The van der Waals surface area contributed by atoms with Gasteiger partial charge in [-0.05, 0) is 63.1 Å². The van der Waals surface area contributed by atoms with E-state index in [0.717, 1.165) is 28.0 Å². The maximum atomic E-state index is 4.57. The Hall–Kier alpha value is -3.78. The normalized spacial score (nSPS) is 15.4. The van der Waals surface area contributed by atoms with Crippen LogP contribution in [0.15, 0.2) is 155 Å². The summed E-state index contributed by atoms with van der Waals surface area (Å²) in [5, 5.41) is 0. The molecule has 2 heteroatoms. The van der Waals surface area contributed by atoms with Crippen LogP contribution in [0.1, 0.15) is 27.7 Å². The summed E-state index contributed by atoms with van der Waals surface area (Å²) in [6, 6.07) is 0. The second-order valence-electron chi connectivity index (χ2n) is 6.67. The van der Waals surface area contributed by atoms with Crippen molar-refractivity contribution in [2.24, 2.45) is 9.98 Å². The maximum Gasteiger partial charge on any atom is 0.0627 e. The smallest absolute Gasteiger partial charge is 0.0627 e. The molecule has 0 amide bonds. The predicted octanol–water partition coefficient (Wildman–Crippen LogP) is 8.54. The zero-order valence-corrected chi connectivity index (χ0v) is 20.0. The van der Waals surface area contributed by atoms with Crippen LogP contribution in [0.5, 0.6) is 0 Å². The third kappa shape index (κ3) is 13.4. The lowest BCUT2D eigenvalue weighted by Crippen LogP contribution is -1.83. The summed E-state index contributed by atoms with van der Waals surface area (Å²) in [6.07, 6.45) is 30.2. The summed E-state index contributed by atoms with van der Waals surface area (Å²) in [5.74, 6) is 0. The first kappa shape index (κ1) is 28.2. The minimum absolute atomic E-state index is 0.712. The van der Waals surface area contributed by atoms with Gasteiger partial charge in [-0.3, -0.25) is 9.98 Å². The highest BCUT2D eigenvalue weighted by Crippen LogP contribution is 2.07.